The van der Waals surface area contributed by atoms with Crippen molar-refractivity contribution in [3.63, 3.8) is 0 Å². The summed E-state index contributed by atoms with van der Waals surface area (Å²) in [6, 6.07) is 3.93. The molecule has 1 aromatic carbocycles. The SMILES string of the molecule is Cc1cc(C)c2c(c1)OCC2=CC(=O)[O-].[Na+]. The number of ether oxygens (including phenoxy) is 1. The van der Waals surface area contributed by atoms with E-state index in [2.05, 4.69) is 0 Å². The molecule has 1 aliphatic heterocycles. The van der Waals surface area contributed by atoms with E-state index in [4.69, 9.17) is 4.74 Å². The second kappa shape index (κ2) is 5.04. The number of carbonyl (C=O) groups excluding carboxylic acids is 1. The van der Waals surface area contributed by atoms with Crippen LogP contribution in [0.2, 0.25) is 0 Å². The molecule has 2 rings (SSSR count). The first-order valence-corrected chi connectivity index (χ1v) is 4.74. The molecule has 78 valence electrons. The first-order valence-electron chi connectivity index (χ1n) is 4.74. The summed E-state index contributed by atoms with van der Waals surface area (Å²) >= 11 is 0. The van der Waals surface area contributed by atoms with Gasteiger partial charge in [0.25, 0.3) is 0 Å². The van der Waals surface area contributed by atoms with E-state index in [0.717, 1.165) is 28.5 Å². The van der Waals surface area contributed by atoms with Crippen LogP contribution in [0, 0.1) is 13.8 Å². The molecule has 1 heterocycles. The second-order valence-corrected chi connectivity index (χ2v) is 3.73. The van der Waals surface area contributed by atoms with E-state index in [1.54, 1.807) is 0 Å². The van der Waals surface area contributed by atoms with Crippen molar-refractivity contribution in [2.45, 2.75) is 13.8 Å². The largest absolute Gasteiger partial charge is 1.00 e. The van der Waals surface area contributed by atoms with Gasteiger partial charge in [0.05, 0.1) is 5.97 Å². The number of aliphatic carboxylic acids is 1. The zero-order valence-corrected chi connectivity index (χ0v) is 11.7. The number of hydrogen-bond acceptors (Lipinski definition) is 3. The minimum absolute atomic E-state index is 0. The van der Waals surface area contributed by atoms with Gasteiger partial charge in [0.1, 0.15) is 12.4 Å². The van der Waals surface area contributed by atoms with Gasteiger partial charge in [0.15, 0.2) is 0 Å². The van der Waals surface area contributed by atoms with Crippen LogP contribution in [-0.2, 0) is 4.79 Å². The fraction of sp³-hybridized carbons (Fsp3) is 0.250. The number of benzene rings is 1. The summed E-state index contributed by atoms with van der Waals surface area (Å²) in [5, 5.41) is 10.5. The molecule has 0 amide bonds. The van der Waals surface area contributed by atoms with Gasteiger partial charge in [-0.2, -0.15) is 0 Å². The maximum absolute atomic E-state index is 10.5. The first-order chi connectivity index (χ1) is 7.08. The standard InChI is InChI=1S/C12H12O3.Na/c1-7-3-8(2)12-9(5-11(13)14)6-15-10(12)4-7;/h3-5H,6H2,1-2H3,(H,13,14);/q;+1/p-1. The van der Waals surface area contributed by atoms with Gasteiger partial charge in [0.2, 0.25) is 0 Å². The summed E-state index contributed by atoms with van der Waals surface area (Å²) < 4.78 is 5.41. The average molecular weight is 226 g/mol. The molecule has 0 spiro atoms. The van der Waals surface area contributed by atoms with Crippen LogP contribution in [-0.4, -0.2) is 12.6 Å². The molecule has 1 aromatic rings. The molecule has 0 saturated carbocycles. The molecule has 0 aromatic heterocycles. The van der Waals surface area contributed by atoms with Gasteiger partial charge in [-0.05, 0) is 37.1 Å². The van der Waals surface area contributed by atoms with Gasteiger partial charge in [0, 0.05) is 11.1 Å². The molecule has 0 N–H and O–H groups in total. The van der Waals surface area contributed by atoms with Gasteiger partial charge >= 0.3 is 29.6 Å². The monoisotopic (exact) mass is 226 g/mol. The van der Waals surface area contributed by atoms with E-state index in [1.807, 2.05) is 26.0 Å². The molecule has 0 fully saturated rings. The first kappa shape index (κ1) is 13.3. The van der Waals surface area contributed by atoms with Gasteiger partial charge in [-0.3, -0.25) is 0 Å². The zero-order chi connectivity index (χ0) is 11.0. The minimum Gasteiger partial charge on any atom is -0.545 e. The van der Waals surface area contributed by atoms with E-state index >= 15 is 0 Å². The van der Waals surface area contributed by atoms with Crippen LogP contribution in [0.3, 0.4) is 0 Å². The Balaban J connectivity index is 0.00000128. The van der Waals surface area contributed by atoms with Crippen LogP contribution < -0.4 is 39.4 Å². The van der Waals surface area contributed by atoms with Crippen molar-refractivity contribution in [3.8, 4) is 5.75 Å². The molecule has 1 aliphatic rings. The Bertz CT molecular complexity index is 464. The van der Waals surface area contributed by atoms with Crippen molar-refractivity contribution < 1.29 is 44.2 Å². The summed E-state index contributed by atoms with van der Waals surface area (Å²) in [5.74, 6) is -0.415. The third kappa shape index (κ3) is 2.48. The number of carboxylic acids is 1. The van der Waals surface area contributed by atoms with Crippen LogP contribution in [0.1, 0.15) is 16.7 Å². The molecule has 0 bridgehead atoms. The average Bonchev–Trinajstić information content (AvgIpc) is 2.46. The van der Waals surface area contributed by atoms with Crippen molar-refractivity contribution in [1.29, 1.82) is 0 Å². The number of rotatable bonds is 1. The Kier molecular flexibility index (Phi) is 4.19. The van der Waals surface area contributed by atoms with Crippen LogP contribution in [0.4, 0.5) is 0 Å². The van der Waals surface area contributed by atoms with E-state index in [0.29, 0.717) is 12.2 Å². The molecule has 0 aliphatic carbocycles. The molecule has 0 atom stereocenters. The number of aryl methyl sites for hydroxylation is 2. The van der Waals surface area contributed by atoms with E-state index in [9.17, 15) is 9.90 Å². The second-order valence-electron chi connectivity index (χ2n) is 3.73. The molecular weight excluding hydrogens is 215 g/mol. The van der Waals surface area contributed by atoms with Gasteiger partial charge in [-0.25, -0.2) is 0 Å². The summed E-state index contributed by atoms with van der Waals surface area (Å²) in [6.45, 7) is 4.24. The van der Waals surface area contributed by atoms with E-state index in [1.165, 1.54) is 0 Å². The molecule has 16 heavy (non-hydrogen) atoms. The molecule has 4 heteroatoms. The molecular formula is C12H11NaO3. The quantitative estimate of drug-likeness (QED) is 0.404. The summed E-state index contributed by atoms with van der Waals surface area (Å²) in [6.07, 6.45) is 1.11. The minimum atomic E-state index is -1.18. The van der Waals surface area contributed by atoms with Crippen molar-refractivity contribution in [2.24, 2.45) is 0 Å². The number of carbonyl (C=O) groups is 1. The Morgan fingerprint density at radius 2 is 2.12 bits per heavy atom. The van der Waals surface area contributed by atoms with Crippen molar-refractivity contribution in [3.05, 3.63) is 34.9 Å². The molecule has 0 radical (unpaired) electrons. The van der Waals surface area contributed by atoms with Crippen LogP contribution in [0.5, 0.6) is 5.75 Å². The van der Waals surface area contributed by atoms with Gasteiger partial charge in [-0.1, -0.05) is 6.07 Å². The van der Waals surface area contributed by atoms with Crippen molar-refractivity contribution in [1.82, 2.24) is 0 Å². The zero-order valence-electron chi connectivity index (χ0n) is 9.66. The Morgan fingerprint density at radius 1 is 1.44 bits per heavy atom. The van der Waals surface area contributed by atoms with Crippen molar-refractivity contribution >= 4 is 11.5 Å². The van der Waals surface area contributed by atoms with E-state index in [-0.39, 0.29) is 29.6 Å². The van der Waals surface area contributed by atoms with E-state index < -0.39 is 5.97 Å². The topological polar surface area (TPSA) is 49.4 Å². The number of hydrogen-bond donors (Lipinski definition) is 0. The Hall–Kier alpha value is -0.770. The number of carboxylic acid groups (broad SMARTS) is 1. The maximum atomic E-state index is 10.5. The van der Waals surface area contributed by atoms with Crippen LogP contribution >= 0.6 is 0 Å². The van der Waals surface area contributed by atoms with Gasteiger partial charge < -0.3 is 14.6 Å². The van der Waals surface area contributed by atoms with Crippen LogP contribution in [0.15, 0.2) is 18.2 Å². The Labute approximate surface area is 116 Å². The molecule has 0 unspecified atom stereocenters. The third-order valence-corrected chi connectivity index (χ3v) is 2.44. The fourth-order valence-electron chi connectivity index (χ4n) is 1.94. The third-order valence-electron chi connectivity index (χ3n) is 2.44. The maximum Gasteiger partial charge on any atom is 1.00 e. The number of fused-ring (bicyclic) bond motifs is 1. The predicted molar refractivity (Wildman–Crippen MR) is 54.4 cm³/mol. The molecule has 3 nitrogen and oxygen atoms in total. The summed E-state index contributed by atoms with van der Waals surface area (Å²) in [4.78, 5) is 10.5. The fourth-order valence-corrected chi connectivity index (χ4v) is 1.94. The Morgan fingerprint density at radius 3 is 2.75 bits per heavy atom. The van der Waals surface area contributed by atoms with Crippen LogP contribution in [0.25, 0.3) is 5.57 Å². The molecule has 0 saturated heterocycles. The van der Waals surface area contributed by atoms with Gasteiger partial charge in [-0.15, -0.1) is 0 Å². The smallest absolute Gasteiger partial charge is 0.545 e. The summed E-state index contributed by atoms with van der Waals surface area (Å²) in [5.41, 5.74) is 3.73. The summed E-state index contributed by atoms with van der Waals surface area (Å²) in [7, 11) is 0. The van der Waals surface area contributed by atoms with Crippen molar-refractivity contribution in [2.75, 3.05) is 6.61 Å². The predicted octanol–water partition coefficient (Wildman–Crippen LogP) is -2.17. The normalized spacial score (nSPS) is 15.2.